The van der Waals surface area contributed by atoms with Crippen molar-refractivity contribution < 1.29 is 4.92 Å². The highest BCUT2D eigenvalue weighted by atomic mass is 16.6. The van der Waals surface area contributed by atoms with Crippen LogP contribution in [0.5, 0.6) is 0 Å². The molecule has 2 aromatic rings. The standard InChI is InChI=1S/C12H14N4O2/c1-2-3-12-11(13)8-14-15(12)9-4-6-10(7-5-9)16(17)18/h4-8H,2-3,13H2,1H3. The van der Waals surface area contributed by atoms with Crippen LogP contribution in [-0.4, -0.2) is 14.7 Å². The summed E-state index contributed by atoms with van der Waals surface area (Å²) in [4.78, 5) is 10.2. The average Bonchev–Trinajstić information content (AvgIpc) is 2.72. The molecule has 0 radical (unpaired) electrons. The van der Waals surface area contributed by atoms with Crippen molar-refractivity contribution in [1.82, 2.24) is 9.78 Å². The van der Waals surface area contributed by atoms with Crippen LogP contribution in [0.3, 0.4) is 0 Å². The van der Waals surface area contributed by atoms with Crippen molar-refractivity contribution in [3.05, 3.63) is 46.3 Å². The highest BCUT2D eigenvalue weighted by Crippen LogP contribution is 2.20. The fourth-order valence-corrected chi connectivity index (χ4v) is 1.81. The summed E-state index contributed by atoms with van der Waals surface area (Å²) in [7, 11) is 0. The third kappa shape index (κ3) is 2.17. The summed E-state index contributed by atoms with van der Waals surface area (Å²) >= 11 is 0. The topological polar surface area (TPSA) is 87.0 Å². The quantitative estimate of drug-likeness (QED) is 0.662. The number of anilines is 1. The van der Waals surface area contributed by atoms with E-state index in [-0.39, 0.29) is 5.69 Å². The number of benzene rings is 1. The first-order chi connectivity index (χ1) is 8.63. The molecule has 0 spiro atoms. The number of nitro benzene ring substituents is 1. The Morgan fingerprint density at radius 2 is 2.06 bits per heavy atom. The van der Waals surface area contributed by atoms with Crippen LogP contribution in [0.15, 0.2) is 30.5 Å². The van der Waals surface area contributed by atoms with Gasteiger partial charge >= 0.3 is 0 Å². The Hall–Kier alpha value is -2.37. The lowest BCUT2D eigenvalue weighted by molar-refractivity contribution is -0.384. The van der Waals surface area contributed by atoms with Gasteiger partial charge in [-0.1, -0.05) is 13.3 Å². The second kappa shape index (κ2) is 4.87. The molecule has 0 atom stereocenters. The summed E-state index contributed by atoms with van der Waals surface area (Å²) in [6, 6.07) is 6.26. The summed E-state index contributed by atoms with van der Waals surface area (Å²) in [5.41, 5.74) is 8.28. The van der Waals surface area contributed by atoms with Gasteiger partial charge in [0, 0.05) is 12.1 Å². The lowest BCUT2D eigenvalue weighted by Crippen LogP contribution is -2.03. The summed E-state index contributed by atoms with van der Waals surface area (Å²) in [5.74, 6) is 0. The third-order valence-electron chi connectivity index (χ3n) is 2.69. The SMILES string of the molecule is CCCc1c(N)cnn1-c1ccc([N+](=O)[O-])cc1. The van der Waals surface area contributed by atoms with E-state index < -0.39 is 4.92 Å². The molecule has 0 saturated heterocycles. The molecule has 1 aromatic heterocycles. The van der Waals surface area contributed by atoms with Gasteiger partial charge in [0.05, 0.1) is 28.2 Å². The van der Waals surface area contributed by atoms with Gasteiger partial charge in [-0.25, -0.2) is 4.68 Å². The van der Waals surface area contributed by atoms with Crippen molar-refractivity contribution in [2.45, 2.75) is 19.8 Å². The zero-order chi connectivity index (χ0) is 13.1. The fourth-order valence-electron chi connectivity index (χ4n) is 1.81. The number of aromatic nitrogens is 2. The Morgan fingerprint density at radius 3 is 2.61 bits per heavy atom. The zero-order valence-electron chi connectivity index (χ0n) is 10.0. The predicted molar refractivity (Wildman–Crippen MR) is 68.6 cm³/mol. The molecule has 2 rings (SSSR count). The normalized spacial score (nSPS) is 10.5. The maximum atomic E-state index is 10.6. The molecule has 1 aromatic carbocycles. The minimum atomic E-state index is -0.422. The third-order valence-corrected chi connectivity index (χ3v) is 2.69. The van der Waals surface area contributed by atoms with Crippen molar-refractivity contribution in [1.29, 1.82) is 0 Å². The van der Waals surface area contributed by atoms with Crippen LogP contribution in [0.2, 0.25) is 0 Å². The minimum absolute atomic E-state index is 0.0657. The Bertz CT molecular complexity index is 560. The van der Waals surface area contributed by atoms with E-state index in [9.17, 15) is 10.1 Å². The van der Waals surface area contributed by atoms with Gasteiger partial charge in [0.15, 0.2) is 0 Å². The van der Waals surface area contributed by atoms with Gasteiger partial charge in [0.2, 0.25) is 0 Å². The summed E-state index contributed by atoms with van der Waals surface area (Å²) in [6.45, 7) is 2.06. The van der Waals surface area contributed by atoms with Crippen LogP contribution in [0, 0.1) is 10.1 Å². The van der Waals surface area contributed by atoms with Gasteiger partial charge < -0.3 is 5.73 Å². The molecule has 1 heterocycles. The maximum absolute atomic E-state index is 10.6. The summed E-state index contributed by atoms with van der Waals surface area (Å²) in [5, 5.41) is 14.8. The second-order valence-corrected chi connectivity index (χ2v) is 3.98. The van der Waals surface area contributed by atoms with Crippen LogP contribution in [0.25, 0.3) is 5.69 Å². The number of non-ortho nitro benzene ring substituents is 1. The van der Waals surface area contributed by atoms with Gasteiger partial charge in [-0.2, -0.15) is 5.10 Å². The molecule has 0 aliphatic rings. The van der Waals surface area contributed by atoms with Crippen LogP contribution < -0.4 is 5.73 Å². The van der Waals surface area contributed by atoms with Crippen molar-refractivity contribution in [3.8, 4) is 5.69 Å². The molecule has 6 heteroatoms. The molecule has 0 bridgehead atoms. The van der Waals surface area contributed by atoms with Crippen LogP contribution in [-0.2, 0) is 6.42 Å². The minimum Gasteiger partial charge on any atom is -0.396 e. The van der Waals surface area contributed by atoms with E-state index >= 15 is 0 Å². The van der Waals surface area contributed by atoms with E-state index in [2.05, 4.69) is 12.0 Å². The molecule has 0 fully saturated rings. The summed E-state index contributed by atoms with van der Waals surface area (Å²) < 4.78 is 1.72. The predicted octanol–water partition coefficient (Wildman–Crippen LogP) is 2.32. The van der Waals surface area contributed by atoms with Gasteiger partial charge in [-0.05, 0) is 18.6 Å². The van der Waals surface area contributed by atoms with Crippen molar-refractivity contribution in [2.75, 3.05) is 5.73 Å². The van der Waals surface area contributed by atoms with E-state index in [1.165, 1.54) is 12.1 Å². The monoisotopic (exact) mass is 246 g/mol. The van der Waals surface area contributed by atoms with E-state index in [1.54, 1.807) is 23.0 Å². The number of nitrogen functional groups attached to an aromatic ring is 1. The zero-order valence-corrected chi connectivity index (χ0v) is 10.0. The number of nitrogens with zero attached hydrogens (tertiary/aromatic N) is 3. The van der Waals surface area contributed by atoms with Gasteiger partial charge in [-0.15, -0.1) is 0 Å². The van der Waals surface area contributed by atoms with Crippen LogP contribution in [0.1, 0.15) is 19.0 Å². The molecule has 0 aliphatic carbocycles. The number of rotatable bonds is 4. The lowest BCUT2D eigenvalue weighted by Gasteiger charge is -2.07. The highest BCUT2D eigenvalue weighted by Gasteiger charge is 2.10. The molecule has 18 heavy (non-hydrogen) atoms. The molecular formula is C12H14N4O2. The smallest absolute Gasteiger partial charge is 0.269 e. The Kier molecular flexibility index (Phi) is 3.27. The van der Waals surface area contributed by atoms with E-state index in [0.29, 0.717) is 5.69 Å². The Morgan fingerprint density at radius 1 is 1.39 bits per heavy atom. The first-order valence-electron chi connectivity index (χ1n) is 5.70. The average molecular weight is 246 g/mol. The maximum Gasteiger partial charge on any atom is 0.269 e. The number of hydrogen-bond acceptors (Lipinski definition) is 4. The van der Waals surface area contributed by atoms with Crippen LogP contribution >= 0.6 is 0 Å². The Labute approximate surface area is 104 Å². The molecular weight excluding hydrogens is 232 g/mol. The molecule has 0 unspecified atom stereocenters. The molecule has 94 valence electrons. The van der Waals surface area contributed by atoms with E-state index in [0.717, 1.165) is 24.2 Å². The lowest BCUT2D eigenvalue weighted by atomic mass is 10.2. The van der Waals surface area contributed by atoms with Crippen molar-refractivity contribution in [2.24, 2.45) is 0 Å². The largest absolute Gasteiger partial charge is 0.396 e. The highest BCUT2D eigenvalue weighted by molar-refractivity contribution is 5.48. The molecule has 0 saturated carbocycles. The molecule has 0 aliphatic heterocycles. The number of hydrogen-bond donors (Lipinski definition) is 1. The van der Waals surface area contributed by atoms with Gasteiger partial charge in [0.25, 0.3) is 5.69 Å². The summed E-state index contributed by atoms with van der Waals surface area (Å²) in [6.07, 6.45) is 3.39. The van der Waals surface area contributed by atoms with Crippen LogP contribution in [0.4, 0.5) is 11.4 Å². The van der Waals surface area contributed by atoms with Gasteiger partial charge in [0.1, 0.15) is 0 Å². The number of nitro groups is 1. The second-order valence-electron chi connectivity index (χ2n) is 3.98. The van der Waals surface area contributed by atoms with Gasteiger partial charge in [-0.3, -0.25) is 10.1 Å². The Balaban J connectivity index is 2.39. The van der Waals surface area contributed by atoms with E-state index in [4.69, 9.17) is 5.73 Å². The molecule has 0 amide bonds. The molecule has 6 nitrogen and oxygen atoms in total. The van der Waals surface area contributed by atoms with Crippen molar-refractivity contribution in [3.63, 3.8) is 0 Å². The first-order valence-corrected chi connectivity index (χ1v) is 5.70. The van der Waals surface area contributed by atoms with Crippen molar-refractivity contribution >= 4 is 11.4 Å². The molecule has 2 N–H and O–H groups in total. The fraction of sp³-hybridized carbons (Fsp3) is 0.250. The number of nitrogens with two attached hydrogens (primary N) is 1. The first kappa shape index (κ1) is 12.1. The van der Waals surface area contributed by atoms with E-state index in [1.807, 2.05) is 0 Å².